The van der Waals surface area contributed by atoms with Gasteiger partial charge in [-0.3, -0.25) is 13.2 Å². The van der Waals surface area contributed by atoms with Crippen LogP contribution in [0.15, 0.2) is 333 Å². The maximum Gasteiger partial charge on any atom is 0.0877 e. The van der Waals surface area contributed by atoms with Gasteiger partial charge in [-0.05, 0) is 199 Å². The second-order valence-electron chi connectivity index (χ2n) is 26.8. The third kappa shape index (κ3) is 67.1. The number of aliphatic hydroxyl groups excluding tert-OH is 12. The second kappa shape index (κ2) is 85.0. The van der Waals surface area contributed by atoms with Gasteiger partial charge in [0.15, 0.2) is 0 Å². The number of hydrogen-bond donors (Lipinski definition) is 12. The van der Waals surface area contributed by atoms with E-state index in [-0.39, 0.29) is 211 Å². The van der Waals surface area contributed by atoms with Gasteiger partial charge in [-0.15, -0.1) is 166 Å². The summed E-state index contributed by atoms with van der Waals surface area (Å²) in [6, 6.07) is 86.5. The zero-order valence-electron chi connectivity index (χ0n) is 73.1. The molecule has 7 aromatic heterocycles. The Morgan fingerprint density at radius 1 is 0.324 bits per heavy atom. The molecule has 18 nitrogen and oxygen atoms in total. The number of halogens is 4. The van der Waals surface area contributed by atoms with Crippen LogP contribution in [0.1, 0.15) is 133 Å². The predicted octanol–water partition coefficient (Wildman–Crippen LogP) is 26.8. The molecule has 6 unspecified atom stereocenters. The number of nitrogens with zero attached hydrogens (tertiary/aromatic N) is 6. The number of fused-ring (bicyclic) bond motifs is 4. The van der Waals surface area contributed by atoms with Gasteiger partial charge in [0.05, 0.1) is 82.8 Å². The summed E-state index contributed by atoms with van der Waals surface area (Å²) in [7, 11) is 0. The van der Waals surface area contributed by atoms with Crippen LogP contribution < -0.4 is 0 Å². The average Bonchev–Trinajstić information content (AvgIpc) is 1.40. The molecule has 0 aliphatic rings. The van der Waals surface area contributed by atoms with Crippen LogP contribution in [-0.2, 0) is 126 Å². The van der Waals surface area contributed by atoms with Crippen molar-refractivity contribution in [3.63, 3.8) is 0 Å². The van der Waals surface area contributed by atoms with E-state index in [0.29, 0.717) is 17.0 Å². The first-order chi connectivity index (χ1) is 59.0. The number of aromatic nitrogens is 6. The number of pyridine rings is 6. The van der Waals surface area contributed by atoms with Crippen LogP contribution in [0, 0.1) is 66.6 Å². The van der Waals surface area contributed by atoms with Crippen molar-refractivity contribution in [3.8, 4) is 55.6 Å². The van der Waals surface area contributed by atoms with E-state index >= 15 is 0 Å². The molecular weight excluding hydrogens is 2840 g/mol. The Labute approximate surface area is 894 Å². The Bertz CT molecular complexity index is 5210. The fraction of sp³-hybridized carbons (Fsp3) is 0.234. The largest absolute Gasteiger partial charge is 0.513 e. The van der Waals surface area contributed by atoms with E-state index in [1.54, 1.807) is 114 Å². The van der Waals surface area contributed by atoms with Crippen molar-refractivity contribution >= 4 is 43.1 Å². The van der Waals surface area contributed by atoms with E-state index in [1.165, 1.54) is 104 Å². The van der Waals surface area contributed by atoms with Gasteiger partial charge < -0.3 is 91.2 Å². The van der Waals surface area contributed by atoms with Crippen LogP contribution in [0.25, 0.3) is 87.4 Å². The van der Waals surface area contributed by atoms with Crippen LogP contribution in [0.3, 0.4) is 0 Å². The van der Waals surface area contributed by atoms with Crippen LogP contribution >= 0.6 is 11.3 Å². The van der Waals surface area contributed by atoms with E-state index in [0.717, 1.165) is 68.3 Å². The third-order valence-corrected chi connectivity index (χ3v) is 15.8. The Kier molecular flexibility index (Phi) is 91.9. The Morgan fingerprint density at radius 3 is 1.04 bits per heavy atom. The van der Waals surface area contributed by atoms with Gasteiger partial charge in [-0.1, -0.05) is 154 Å². The quantitative estimate of drug-likeness (QED) is 0.0248. The summed E-state index contributed by atoms with van der Waals surface area (Å²) in [5, 5.41) is 106. The fourth-order valence-corrected chi connectivity index (χ4v) is 10.9. The van der Waals surface area contributed by atoms with Gasteiger partial charge in [0.25, 0.3) is 0 Å². The minimum absolute atomic E-state index is 0. The van der Waals surface area contributed by atoms with E-state index in [9.17, 15) is 17.6 Å². The van der Waals surface area contributed by atoms with Crippen LogP contribution in [0.5, 0.6) is 0 Å². The summed E-state index contributed by atoms with van der Waals surface area (Å²) in [6.07, 6.45) is 15.3. The molecule has 0 spiro atoms. The Morgan fingerprint density at radius 2 is 0.684 bits per heavy atom. The summed E-state index contributed by atoms with van der Waals surface area (Å²) < 4.78 is 52.5. The standard InChI is InChI=1S/C13H8NS.C13H8N.C12H10N.2C11H6F2N.C11H8N.6C5H10O2.6CH4.6Pt/c1-2-7-12-10(5-1)9-13(15-12)11-6-3-4-8-14-11;1-2-6-12-10(4-1)7-8-11-5-3-9-14-13(11)12;1-10-5-7-11(8-6-10)12-4-2-3-9-13-12;12-8-4-5-9(10(13)7-8)11-3-1-2-6-14-11;12-9-5-4-8(7-10(9)13)11-3-1-2-6-14-11;1-2-6-10(7-3-1)11-8-4-5-9-12-11;6*1-4(6)3-5(2)7;;;;;;;;;;;;/h1-8H;1-5,7-9H;2-7,9H,1H3;1-4,6-7H;1-3,5-7H;1-6,8-9H;6*3-4,6-7H,1-2H3;6*1H4;;;;;;/q6*-1;;;;;;;;;;;;;;;;;;. The molecule has 0 fully saturated rings. The molecule has 0 amide bonds. The number of rotatable bonds is 11. The first kappa shape index (κ1) is 147. The van der Waals surface area contributed by atoms with Crippen molar-refractivity contribution in [2.24, 2.45) is 0 Å². The molecule has 14 rings (SSSR count). The molecule has 6 atom stereocenters. The second-order valence-corrected chi connectivity index (χ2v) is 27.9. The number of aryl methyl sites for hydroxylation is 1. The Balaban J connectivity index is -0.000000160. The molecule has 7 heterocycles. The van der Waals surface area contributed by atoms with Crippen LogP contribution in [0.2, 0.25) is 0 Å². The van der Waals surface area contributed by atoms with Gasteiger partial charge in [0, 0.05) is 181 Å². The number of thiophene rings is 1. The third-order valence-electron chi connectivity index (χ3n) is 14.7. The molecule has 0 saturated heterocycles. The molecule has 0 bridgehead atoms. The predicted molar refractivity (Wildman–Crippen MR) is 529 cm³/mol. The van der Waals surface area contributed by atoms with Gasteiger partial charge >= 0.3 is 0 Å². The van der Waals surface area contributed by atoms with E-state index in [1.807, 2.05) is 128 Å². The summed E-state index contributed by atoms with van der Waals surface area (Å²) in [5.41, 5.74) is 8.95. The van der Waals surface area contributed by atoms with Crippen molar-refractivity contribution in [1.29, 1.82) is 0 Å². The topological polar surface area (TPSA) is 320 Å². The van der Waals surface area contributed by atoms with E-state index in [2.05, 4.69) is 122 Å². The minimum Gasteiger partial charge on any atom is -0.513 e. The van der Waals surface area contributed by atoms with Crippen molar-refractivity contribution in [2.45, 2.75) is 171 Å². The average molecular weight is 2970 g/mol. The zero-order valence-corrected chi connectivity index (χ0v) is 87.6. The number of hydrogen-bond acceptors (Lipinski definition) is 19. The molecule has 760 valence electrons. The maximum absolute atomic E-state index is 13.2. The van der Waals surface area contributed by atoms with Gasteiger partial charge in [0.1, 0.15) is 0 Å². The number of aliphatic hydroxyl groups is 12. The fourth-order valence-electron chi connectivity index (χ4n) is 9.89. The number of allylic oxidation sites excluding steroid dienone is 6. The molecule has 0 radical (unpaired) electrons. The normalized spacial score (nSPS) is 11.3. The molecule has 7 aromatic carbocycles. The number of benzene rings is 7. The molecule has 12 N–H and O–H groups in total. The molecule has 0 aliphatic heterocycles. The van der Waals surface area contributed by atoms with Gasteiger partial charge in [0.2, 0.25) is 0 Å². The van der Waals surface area contributed by atoms with E-state index < -0.39 is 59.9 Å². The van der Waals surface area contributed by atoms with Crippen LogP contribution in [-0.4, -0.2) is 128 Å². The van der Waals surface area contributed by atoms with Gasteiger partial charge in [-0.25, -0.2) is 15.7 Å². The molecule has 14 aromatic rings. The molecular formula is C107H130F4N6O12Pt6S-6. The van der Waals surface area contributed by atoms with Crippen molar-refractivity contribution in [3.05, 3.63) is 398 Å². The summed E-state index contributed by atoms with van der Waals surface area (Å²) in [6.45, 7) is 20.7. The van der Waals surface area contributed by atoms with Crippen molar-refractivity contribution < 1.29 is 205 Å². The molecule has 136 heavy (non-hydrogen) atoms. The summed E-state index contributed by atoms with van der Waals surface area (Å²) in [4.78, 5) is 26.2. The van der Waals surface area contributed by atoms with Gasteiger partial charge in [-0.2, -0.15) is 0 Å². The van der Waals surface area contributed by atoms with Crippen LogP contribution in [0.4, 0.5) is 17.6 Å². The first-order valence-corrected chi connectivity index (χ1v) is 39.5. The summed E-state index contributed by atoms with van der Waals surface area (Å²) in [5.74, 6) is -2.10. The smallest absolute Gasteiger partial charge is 0.0877 e. The monoisotopic (exact) mass is 2970 g/mol. The summed E-state index contributed by atoms with van der Waals surface area (Å²) >= 11 is 1.73. The minimum atomic E-state index is -0.898. The molecule has 0 aliphatic carbocycles. The zero-order chi connectivity index (χ0) is 91.9. The molecule has 29 heteroatoms. The Hall–Kier alpha value is -9.23. The van der Waals surface area contributed by atoms with Crippen molar-refractivity contribution in [1.82, 2.24) is 29.9 Å². The first-order valence-electron chi connectivity index (χ1n) is 38.6. The maximum atomic E-state index is 13.2. The van der Waals surface area contributed by atoms with E-state index in [4.69, 9.17) is 61.3 Å². The SMILES string of the molecule is C.C.C.C.C.C.CC(O)=CC(C)O.CC(O)=CC(C)O.CC(O)=CC(C)O.CC(O)=CC(C)O.CC(O)=CC(C)O.CC(O)=CC(C)O.Cc1c[c-]c(-c2ccccn2)cc1.Fc1c[c-]c(-c2ccccn2)c(F)c1.Fc1c[c-]c(-c2ccccn2)cc1F.[Pt].[Pt].[Pt].[Pt].[Pt].[Pt].[c-]1c(-c2ccccn2)sc2ccccc12.[c-]1cccc2ccc3cccnc3c12.[c-]1ccccc1-c1ccccn1. The molecule has 0 saturated carbocycles. The van der Waals surface area contributed by atoms with Crippen molar-refractivity contribution in [2.75, 3.05) is 0 Å².